The van der Waals surface area contributed by atoms with Crippen molar-refractivity contribution in [1.82, 2.24) is 4.98 Å². The Balaban J connectivity index is 2.22. The van der Waals surface area contributed by atoms with Crippen LogP contribution in [0.3, 0.4) is 0 Å². The largest absolute Gasteiger partial charge is 0.372 e. The van der Waals surface area contributed by atoms with Crippen molar-refractivity contribution in [3.05, 3.63) is 24.0 Å². The summed E-state index contributed by atoms with van der Waals surface area (Å²) in [6.45, 7) is 4.89. The molecule has 0 aliphatic rings. The first-order valence-corrected chi connectivity index (χ1v) is 6.79. The van der Waals surface area contributed by atoms with Gasteiger partial charge in [0.25, 0.3) is 0 Å². The van der Waals surface area contributed by atoms with Gasteiger partial charge in [-0.15, -0.1) is 0 Å². The number of hydrogen-bond acceptors (Lipinski definition) is 4. The Morgan fingerprint density at radius 1 is 1.39 bits per heavy atom. The highest BCUT2D eigenvalue weighted by molar-refractivity contribution is 5.41. The number of ether oxygens (including phenoxy) is 1. The van der Waals surface area contributed by atoms with Crippen LogP contribution >= 0.6 is 0 Å². The van der Waals surface area contributed by atoms with Crippen molar-refractivity contribution in [2.24, 2.45) is 5.84 Å². The van der Waals surface area contributed by atoms with Crippen LogP contribution in [0.5, 0.6) is 0 Å². The topological polar surface area (TPSA) is 60.2 Å². The lowest BCUT2D eigenvalue weighted by molar-refractivity contribution is 0.0440. The maximum Gasteiger partial charge on any atom is 0.0892 e. The van der Waals surface area contributed by atoms with E-state index in [0.29, 0.717) is 6.61 Å². The summed E-state index contributed by atoms with van der Waals surface area (Å²) in [5.74, 6) is 5.35. The predicted molar refractivity (Wildman–Crippen MR) is 75.1 cm³/mol. The fourth-order valence-electron chi connectivity index (χ4n) is 1.82. The molecule has 0 aliphatic heterocycles. The van der Waals surface area contributed by atoms with Crippen molar-refractivity contribution < 1.29 is 4.74 Å². The van der Waals surface area contributed by atoms with Gasteiger partial charge in [0.15, 0.2) is 0 Å². The summed E-state index contributed by atoms with van der Waals surface area (Å²) >= 11 is 0. The van der Waals surface area contributed by atoms with Crippen LogP contribution in [0.2, 0.25) is 0 Å². The highest BCUT2D eigenvalue weighted by atomic mass is 16.5. The third kappa shape index (κ3) is 5.98. The van der Waals surface area contributed by atoms with Gasteiger partial charge in [-0.2, -0.15) is 0 Å². The average Bonchev–Trinajstić information content (AvgIpc) is 2.41. The maximum absolute atomic E-state index is 5.78. The summed E-state index contributed by atoms with van der Waals surface area (Å²) in [5.41, 5.74) is 4.38. The van der Waals surface area contributed by atoms with Crippen molar-refractivity contribution in [2.45, 2.75) is 58.7 Å². The molecule has 0 spiro atoms. The van der Waals surface area contributed by atoms with E-state index in [0.717, 1.165) is 17.8 Å². The molecule has 1 unspecified atom stereocenters. The third-order valence-corrected chi connectivity index (χ3v) is 2.96. The van der Waals surface area contributed by atoms with Crippen LogP contribution < -0.4 is 11.3 Å². The molecule has 1 heterocycles. The van der Waals surface area contributed by atoms with Crippen LogP contribution in [-0.4, -0.2) is 11.1 Å². The molecule has 0 aromatic carbocycles. The Kier molecular flexibility index (Phi) is 7.37. The number of aromatic nitrogens is 1. The molecule has 1 rings (SSSR count). The molecule has 0 fully saturated rings. The van der Waals surface area contributed by atoms with Crippen LogP contribution in [0.4, 0.5) is 5.69 Å². The lowest BCUT2D eigenvalue weighted by atomic mass is 10.1. The Bertz CT molecular complexity index is 331. The number of anilines is 1. The summed E-state index contributed by atoms with van der Waals surface area (Å²) in [4.78, 5) is 4.25. The molecule has 0 radical (unpaired) electrons. The van der Waals surface area contributed by atoms with Gasteiger partial charge in [0.2, 0.25) is 0 Å². The van der Waals surface area contributed by atoms with Gasteiger partial charge in [0, 0.05) is 6.20 Å². The fraction of sp³-hybridized carbons (Fsp3) is 0.643. The van der Waals surface area contributed by atoms with E-state index in [4.69, 9.17) is 10.6 Å². The lowest BCUT2D eigenvalue weighted by Crippen LogP contribution is -2.10. The van der Waals surface area contributed by atoms with Gasteiger partial charge >= 0.3 is 0 Å². The van der Waals surface area contributed by atoms with Crippen molar-refractivity contribution in [3.63, 3.8) is 0 Å². The van der Waals surface area contributed by atoms with Gasteiger partial charge in [-0.1, -0.05) is 32.6 Å². The molecule has 3 N–H and O–H groups in total. The number of pyridine rings is 1. The van der Waals surface area contributed by atoms with Crippen LogP contribution in [0.1, 0.15) is 51.6 Å². The highest BCUT2D eigenvalue weighted by Gasteiger charge is 2.03. The van der Waals surface area contributed by atoms with Gasteiger partial charge < -0.3 is 10.2 Å². The molecule has 4 heteroatoms. The number of nitrogens with two attached hydrogens (primary N) is 1. The number of nitrogen functional groups attached to an aromatic ring is 1. The van der Waals surface area contributed by atoms with E-state index in [1.807, 2.05) is 12.1 Å². The molecule has 0 saturated carbocycles. The zero-order valence-electron chi connectivity index (χ0n) is 11.5. The number of unbranched alkanes of at least 4 members (excludes halogenated alkanes) is 3. The molecular weight excluding hydrogens is 226 g/mol. The second kappa shape index (κ2) is 8.89. The summed E-state index contributed by atoms with van der Waals surface area (Å²) in [5, 5.41) is 0. The van der Waals surface area contributed by atoms with Gasteiger partial charge in [0.1, 0.15) is 0 Å². The van der Waals surface area contributed by atoms with Crippen molar-refractivity contribution in [2.75, 3.05) is 5.43 Å². The second-order valence-electron chi connectivity index (χ2n) is 4.65. The van der Waals surface area contributed by atoms with Gasteiger partial charge in [-0.3, -0.25) is 10.8 Å². The molecule has 18 heavy (non-hydrogen) atoms. The normalized spacial score (nSPS) is 12.4. The molecular formula is C14H25N3O. The summed E-state index contributed by atoms with van der Waals surface area (Å²) in [6.07, 6.45) is 8.28. The minimum absolute atomic E-state index is 0.290. The fourth-order valence-corrected chi connectivity index (χ4v) is 1.82. The lowest BCUT2D eigenvalue weighted by Gasteiger charge is -2.12. The first-order valence-electron chi connectivity index (χ1n) is 6.79. The Morgan fingerprint density at radius 2 is 2.22 bits per heavy atom. The molecule has 1 aromatic heterocycles. The minimum Gasteiger partial charge on any atom is -0.372 e. The predicted octanol–water partition coefficient (Wildman–Crippen LogP) is 3.24. The first kappa shape index (κ1) is 14.9. The van der Waals surface area contributed by atoms with E-state index in [1.165, 1.54) is 25.7 Å². The Labute approximate surface area is 110 Å². The van der Waals surface area contributed by atoms with Crippen LogP contribution in [0.25, 0.3) is 0 Å². The highest BCUT2D eigenvalue weighted by Crippen LogP contribution is 2.11. The zero-order chi connectivity index (χ0) is 13.2. The second-order valence-corrected chi connectivity index (χ2v) is 4.65. The molecule has 0 aliphatic carbocycles. The molecule has 0 saturated heterocycles. The van der Waals surface area contributed by atoms with E-state index in [-0.39, 0.29) is 6.10 Å². The van der Waals surface area contributed by atoms with E-state index < -0.39 is 0 Å². The number of nitrogens with zero attached hydrogens (tertiary/aromatic N) is 1. The Hall–Kier alpha value is -1.13. The molecule has 0 amide bonds. The summed E-state index contributed by atoms with van der Waals surface area (Å²) in [7, 11) is 0. The standard InChI is InChI=1S/C14H25N3O/c1-3-4-5-6-7-12(2)18-11-14-10-13(17-15)8-9-16-14/h8-10,12H,3-7,11,15H2,1-2H3,(H,16,17). The minimum atomic E-state index is 0.290. The average molecular weight is 251 g/mol. The summed E-state index contributed by atoms with van der Waals surface area (Å²) in [6, 6.07) is 3.74. The number of rotatable bonds is 9. The van der Waals surface area contributed by atoms with E-state index in [2.05, 4.69) is 24.3 Å². The maximum atomic E-state index is 5.78. The molecule has 0 bridgehead atoms. The number of hydrogen-bond donors (Lipinski definition) is 2. The third-order valence-electron chi connectivity index (χ3n) is 2.96. The van der Waals surface area contributed by atoms with Crippen LogP contribution in [0.15, 0.2) is 18.3 Å². The monoisotopic (exact) mass is 251 g/mol. The SMILES string of the molecule is CCCCCCC(C)OCc1cc(NN)ccn1. The van der Waals surface area contributed by atoms with Gasteiger partial charge in [0.05, 0.1) is 24.1 Å². The van der Waals surface area contributed by atoms with Crippen molar-refractivity contribution in [1.29, 1.82) is 0 Å². The van der Waals surface area contributed by atoms with E-state index >= 15 is 0 Å². The smallest absolute Gasteiger partial charge is 0.0892 e. The quantitative estimate of drug-likeness (QED) is 0.402. The van der Waals surface area contributed by atoms with Gasteiger partial charge in [-0.25, -0.2) is 0 Å². The van der Waals surface area contributed by atoms with E-state index in [9.17, 15) is 0 Å². The first-order chi connectivity index (χ1) is 8.76. The summed E-state index contributed by atoms with van der Waals surface area (Å²) < 4.78 is 5.78. The van der Waals surface area contributed by atoms with Crippen molar-refractivity contribution >= 4 is 5.69 Å². The molecule has 102 valence electrons. The zero-order valence-corrected chi connectivity index (χ0v) is 11.5. The number of hydrazine groups is 1. The molecule has 1 atom stereocenters. The van der Waals surface area contributed by atoms with Crippen LogP contribution in [-0.2, 0) is 11.3 Å². The Morgan fingerprint density at radius 3 is 2.94 bits per heavy atom. The number of nitrogens with one attached hydrogen (secondary N) is 1. The van der Waals surface area contributed by atoms with E-state index in [1.54, 1.807) is 6.20 Å². The van der Waals surface area contributed by atoms with Gasteiger partial charge in [-0.05, 0) is 25.5 Å². The van der Waals surface area contributed by atoms with Crippen molar-refractivity contribution in [3.8, 4) is 0 Å². The molecule has 1 aromatic rings. The van der Waals surface area contributed by atoms with Crippen LogP contribution in [0, 0.1) is 0 Å². The molecule has 4 nitrogen and oxygen atoms in total.